The predicted molar refractivity (Wildman–Crippen MR) is 266 cm³/mol. The second kappa shape index (κ2) is 29.7. The molecular weight excluding hydrogens is 979 g/mol. The van der Waals surface area contributed by atoms with Crippen molar-refractivity contribution in [3.63, 3.8) is 0 Å². The van der Waals surface area contributed by atoms with E-state index in [-0.39, 0.29) is 42.6 Å². The molecule has 0 saturated heterocycles. The van der Waals surface area contributed by atoms with Crippen LogP contribution in [0.5, 0.6) is 0 Å². The summed E-state index contributed by atoms with van der Waals surface area (Å²) in [6, 6.07) is 25.2. The zero-order valence-corrected chi connectivity index (χ0v) is 44.0. The van der Waals surface area contributed by atoms with E-state index < -0.39 is 41.3 Å². The van der Waals surface area contributed by atoms with Gasteiger partial charge in [0, 0.05) is 23.0 Å². The van der Waals surface area contributed by atoms with Crippen LogP contribution in [0.2, 0.25) is 0 Å². The largest absolute Gasteiger partial charge is 1.00 e. The first-order chi connectivity index (χ1) is 29.6. The van der Waals surface area contributed by atoms with Crippen molar-refractivity contribution in [1.29, 1.82) is 0 Å². The maximum Gasteiger partial charge on any atom is 1.00 e. The minimum Gasteiger partial charge on any atom is -0.463 e. The van der Waals surface area contributed by atoms with Crippen molar-refractivity contribution in [3.05, 3.63) is 106 Å². The second-order valence-corrected chi connectivity index (χ2v) is 25.3. The van der Waals surface area contributed by atoms with Crippen LogP contribution in [0, 0.1) is 5.41 Å². The minimum atomic E-state index is -6.18. The van der Waals surface area contributed by atoms with Gasteiger partial charge in [-0.1, -0.05) is 144 Å². The molecule has 0 fully saturated rings. The number of thiocarbonyl (C=S) groups is 2. The molecule has 0 spiro atoms. The molecule has 0 radical (unpaired) electrons. The third-order valence-corrected chi connectivity index (χ3v) is 18.1. The zero-order valence-electron chi connectivity index (χ0n) is 37.4. The van der Waals surface area contributed by atoms with Crippen molar-refractivity contribution < 1.29 is 67.9 Å². The molecule has 0 heterocycles. The molecule has 0 N–H and O–H groups in total. The van der Waals surface area contributed by atoms with Gasteiger partial charge in [0.15, 0.2) is 10.0 Å². The standard InChI is InChI=1S/C22H25F3NO4S5.C21H32O4S3.Li/c1-4-32-20(31)33-15-17(16-8-6-5-7-9-16)14-21(2,3)18-10-12-19(13-11-18)34(27,28)26-35(29,30)22(23,24)25;1-5-21(3,19(22)25-15-14-24-13-12-23-4)16-18(28-20(26)27-6-2)17-10-8-7-9-11-17;/h5-13,17H,4,14-15H2,1-3H3;7-11,18H,5-6,12-16H2,1-4H3;/q-1;;+1. The minimum absolute atomic E-state index is 0. The van der Waals surface area contributed by atoms with Gasteiger partial charge in [-0.2, -0.15) is 13.2 Å². The number of halogens is 3. The number of rotatable bonds is 23. The summed E-state index contributed by atoms with van der Waals surface area (Å²) in [5, 5.41) is 0.114. The maximum absolute atomic E-state index is 12.8. The molecular formula is C43H57F3LiNO8S8. The van der Waals surface area contributed by atoms with E-state index in [0.717, 1.165) is 47.6 Å². The summed E-state index contributed by atoms with van der Waals surface area (Å²) in [6.07, 6.45) is 2.06. The average molecular weight is 1040 g/mol. The topological polar surface area (TPSA) is 127 Å². The van der Waals surface area contributed by atoms with E-state index in [0.29, 0.717) is 39.1 Å². The van der Waals surface area contributed by atoms with Crippen molar-refractivity contribution >= 4 is 105 Å². The molecule has 3 aromatic carbocycles. The number of thioether (sulfide) groups is 4. The molecule has 3 aromatic rings. The quantitative estimate of drug-likeness (QED) is 0.0388. The van der Waals surface area contributed by atoms with E-state index in [4.69, 9.17) is 38.6 Å². The van der Waals surface area contributed by atoms with Gasteiger partial charge < -0.3 is 18.3 Å². The van der Waals surface area contributed by atoms with E-state index in [9.17, 15) is 34.8 Å². The Kier molecular flexibility index (Phi) is 28.3. The predicted octanol–water partition coefficient (Wildman–Crippen LogP) is 9.34. The third-order valence-electron chi connectivity index (χ3n) is 9.59. The monoisotopic (exact) mass is 1040 g/mol. The number of esters is 1. The normalized spacial score (nSPS) is 13.9. The van der Waals surface area contributed by atoms with E-state index in [2.05, 4.69) is 23.2 Å². The van der Waals surface area contributed by atoms with E-state index in [1.165, 1.54) is 17.7 Å². The Labute approximate surface area is 418 Å². The number of ether oxygens (including phenoxy) is 3. The molecule has 0 saturated carbocycles. The van der Waals surface area contributed by atoms with Crippen LogP contribution in [-0.2, 0) is 44.5 Å². The molecule has 0 amide bonds. The second-order valence-electron chi connectivity index (χ2n) is 14.7. The Morgan fingerprint density at radius 2 is 1.27 bits per heavy atom. The van der Waals surface area contributed by atoms with Gasteiger partial charge >= 0.3 is 30.3 Å². The van der Waals surface area contributed by atoms with Crippen LogP contribution in [0.25, 0.3) is 4.13 Å². The molecule has 352 valence electrons. The summed E-state index contributed by atoms with van der Waals surface area (Å²) >= 11 is 17.5. The first-order valence-electron chi connectivity index (χ1n) is 19.9. The molecule has 64 heavy (non-hydrogen) atoms. The molecule has 21 heteroatoms. The van der Waals surface area contributed by atoms with Gasteiger partial charge in [-0.3, -0.25) is 4.79 Å². The van der Waals surface area contributed by atoms with Gasteiger partial charge in [0.05, 0.1) is 25.2 Å². The Balaban J connectivity index is 0.000000646. The molecule has 0 aromatic heterocycles. The summed E-state index contributed by atoms with van der Waals surface area (Å²) in [5.41, 5.74) is -3.77. The van der Waals surface area contributed by atoms with E-state index in [1.54, 1.807) is 54.2 Å². The molecule has 3 rings (SSSR count). The summed E-state index contributed by atoms with van der Waals surface area (Å²) in [6.45, 7) is 13.8. The number of benzene rings is 3. The molecule has 0 aliphatic carbocycles. The third kappa shape index (κ3) is 21.0. The van der Waals surface area contributed by atoms with Gasteiger partial charge in [-0.05, 0) is 77.8 Å². The van der Waals surface area contributed by atoms with Crippen molar-refractivity contribution in [2.45, 2.75) is 87.8 Å². The van der Waals surface area contributed by atoms with Gasteiger partial charge in [-0.15, -0.1) is 35.3 Å². The van der Waals surface area contributed by atoms with Crippen LogP contribution < -0.4 is 18.9 Å². The van der Waals surface area contributed by atoms with Crippen molar-refractivity contribution in [2.75, 3.05) is 50.8 Å². The summed E-state index contributed by atoms with van der Waals surface area (Å²) in [5.74, 6) is 2.53. The van der Waals surface area contributed by atoms with Gasteiger partial charge in [-0.25, -0.2) is 16.8 Å². The summed E-state index contributed by atoms with van der Waals surface area (Å²) < 4.78 is 104. The van der Waals surface area contributed by atoms with Crippen LogP contribution in [0.1, 0.15) is 88.7 Å². The van der Waals surface area contributed by atoms with Gasteiger partial charge in [0.2, 0.25) is 0 Å². The molecule has 9 nitrogen and oxygen atoms in total. The Morgan fingerprint density at radius 1 is 0.734 bits per heavy atom. The Morgan fingerprint density at radius 3 is 1.78 bits per heavy atom. The molecule has 0 aliphatic heterocycles. The number of carbonyl (C=O) groups excluding carboxylic acids is 1. The van der Waals surface area contributed by atoms with Crippen molar-refractivity contribution in [2.24, 2.45) is 5.41 Å². The van der Waals surface area contributed by atoms with Crippen LogP contribution in [0.4, 0.5) is 13.2 Å². The molecule has 0 bridgehead atoms. The number of hydrogen-bond donors (Lipinski definition) is 0. The van der Waals surface area contributed by atoms with E-state index in [1.807, 2.05) is 83.1 Å². The van der Waals surface area contributed by atoms with Gasteiger partial charge in [0.1, 0.15) is 23.7 Å². The Hall–Kier alpha value is -1.12. The summed E-state index contributed by atoms with van der Waals surface area (Å²) in [7, 11) is -9.61. The SMILES string of the molecule is CCSC(=S)SC(CC(C)(CC)C(=O)OCCOCCOC)c1ccccc1.CCSC(=S)SCC(CC(C)(C)c1ccc(S(=O)(=O)[N-]S(=O)(=O)C(F)(F)F)cc1)c1ccccc1.[Li+]. The van der Waals surface area contributed by atoms with E-state index >= 15 is 0 Å². The summed E-state index contributed by atoms with van der Waals surface area (Å²) in [4.78, 5) is 12.2. The fourth-order valence-electron chi connectivity index (χ4n) is 5.91. The fourth-order valence-corrected chi connectivity index (χ4v) is 13.3. The van der Waals surface area contributed by atoms with Crippen LogP contribution >= 0.6 is 71.5 Å². The fraction of sp³-hybridized carbons (Fsp3) is 0.512. The maximum atomic E-state index is 12.8. The Bertz CT molecular complexity index is 2090. The first kappa shape index (κ1) is 60.9. The number of hydrogen-bond acceptors (Lipinski definition) is 14. The van der Waals surface area contributed by atoms with Crippen LogP contribution in [0.3, 0.4) is 0 Å². The average Bonchev–Trinajstić information content (AvgIpc) is 3.23. The first-order valence-corrected chi connectivity index (χ1v) is 27.5. The zero-order chi connectivity index (χ0) is 47.3. The van der Waals surface area contributed by atoms with Crippen LogP contribution in [-0.4, -0.2) is 86.2 Å². The number of methoxy groups -OCH3 is 1. The van der Waals surface area contributed by atoms with Crippen molar-refractivity contribution in [1.82, 2.24) is 0 Å². The van der Waals surface area contributed by atoms with Crippen LogP contribution in [0.15, 0.2) is 89.8 Å². The smallest absolute Gasteiger partial charge is 0.463 e. The number of carbonyl (C=O) groups is 1. The number of nitrogens with zero attached hydrogens (tertiary/aromatic N) is 1. The molecule has 3 atom stereocenters. The van der Waals surface area contributed by atoms with Crippen molar-refractivity contribution in [3.8, 4) is 0 Å². The number of alkyl halides is 3. The molecule has 3 unspecified atom stereocenters. The molecule has 0 aliphatic rings. The van der Waals surface area contributed by atoms with Gasteiger partial charge in [0.25, 0.3) is 0 Å². The number of sulfonamides is 2.